The second kappa shape index (κ2) is 4.67. The molecule has 0 atom stereocenters. The molecule has 2 rings (SSSR count). The molecular formula is C13H13BrO. The van der Waals surface area contributed by atoms with Gasteiger partial charge < -0.3 is 4.42 Å². The molecule has 2 heteroatoms. The van der Waals surface area contributed by atoms with Gasteiger partial charge in [-0.3, -0.25) is 0 Å². The Labute approximate surface area is 98.2 Å². The highest BCUT2D eigenvalue weighted by Crippen LogP contribution is 2.22. The maximum absolute atomic E-state index is 5.72. The Morgan fingerprint density at radius 3 is 2.47 bits per heavy atom. The highest BCUT2D eigenvalue weighted by atomic mass is 79.9. The minimum absolute atomic E-state index is 0.936. The van der Waals surface area contributed by atoms with Crippen LogP contribution in [0, 0.1) is 6.92 Å². The van der Waals surface area contributed by atoms with E-state index in [2.05, 4.69) is 47.1 Å². The molecule has 0 spiro atoms. The van der Waals surface area contributed by atoms with Crippen LogP contribution in [0.1, 0.15) is 11.3 Å². The van der Waals surface area contributed by atoms with Crippen LogP contribution in [-0.4, -0.2) is 5.33 Å². The molecule has 0 fully saturated rings. The summed E-state index contributed by atoms with van der Waals surface area (Å²) in [5.41, 5.74) is 2.41. The van der Waals surface area contributed by atoms with Gasteiger partial charge in [0, 0.05) is 17.3 Å². The quantitative estimate of drug-likeness (QED) is 0.758. The molecule has 0 N–H and O–H groups in total. The summed E-state index contributed by atoms with van der Waals surface area (Å²) in [5, 5.41) is 0.938. The monoisotopic (exact) mass is 264 g/mol. The number of furan rings is 1. The van der Waals surface area contributed by atoms with E-state index in [0.29, 0.717) is 0 Å². The number of alkyl halides is 1. The third-order valence-corrected chi connectivity index (χ3v) is 2.74. The smallest absolute Gasteiger partial charge is 0.134 e. The lowest BCUT2D eigenvalue weighted by atomic mass is 10.1. The standard InChI is InChI=1S/C13H13BrO/c1-10-2-4-11(5-3-10)13-7-6-12(15-13)8-9-14/h2-7H,8-9H2,1H3. The van der Waals surface area contributed by atoms with Crippen molar-refractivity contribution in [3.05, 3.63) is 47.7 Å². The maximum Gasteiger partial charge on any atom is 0.134 e. The molecule has 0 aliphatic rings. The van der Waals surface area contributed by atoms with Gasteiger partial charge in [-0.2, -0.15) is 0 Å². The van der Waals surface area contributed by atoms with Gasteiger partial charge in [0.25, 0.3) is 0 Å². The van der Waals surface area contributed by atoms with Gasteiger partial charge in [-0.25, -0.2) is 0 Å². The SMILES string of the molecule is Cc1ccc(-c2ccc(CCBr)o2)cc1. The molecule has 0 saturated carbocycles. The fraction of sp³-hybridized carbons (Fsp3) is 0.231. The van der Waals surface area contributed by atoms with Crippen LogP contribution >= 0.6 is 15.9 Å². The van der Waals surface area contributed by atoms with Crippen LogP contribution in [-0.2, 0) is 6.42 Å². The molecule has 1 heterocycles. The van der Waals surface area contributed by atoms with E-state index in [0.717, 1.165) is 28.8 Å². The summed E-state index contributed by atoms with van der Waals surface area (Å²) in [6.07, 6.45) is 0.936. The third-order valence-electron chi connectivity index (χ3n) is 2.34. The first-order chi connectivity index (χ1) is 7.29. The Balaban J connectivity index is 2.25. The van der Waals surface area contributed by atoms with E-state index >= 15 is 0 Å². The molecule has 1 nitrogen and oxygen atoms in total. The van der Waals surface area contributed by atoms with Crippen molar-refractivity contribution < 1.29 is 4.42 Å². The molecule has 0 amide bonds. The summed E-state index contributed by atoms with van der Waals surface area (Å²) in [6, 6.07) is 12.4. The van der Waals surface area contributed by atoms with Gasteiger partial charge in [0.05, 0.1) is 0 Å². The van der Waals surface area contributed by atoms with Crippen LogP contribution in [0.15, 0.2) is 40.8 Å². The normalized spacial score (nSPS) is 10.5. The summed E-state index contributed by atoms with van der Waals surface area (Å²) < 4.78 is 5.72. The van der Waals surface area contributed by atoms with Crippen molar-refractivity contribution in [2.75, 3.05) is 5.33 Å². The molecule has 0 unspecified atom stereocenters. The van der Waals surface area contributed by atoms with Crippen molar-refractivity contribution in [3.63, 3.8) is 0 Å². The van der Waals surface area contributed by atoms with E-state index in [1.165, 1.54) is 5.56 Å². The summed E-state index contributed by atoms with van der Waals surface area (Å²) in [5.74, 6) is 1.98. The lowest BCUT2D eigenvalue weighted by Crippen LogP contribution is -1.79. The minimum atomic E-state index is 0.936. The number of hydrogen-bond donors (Lipinski definition) is 0. The largest absolute Gasteiger partial charge is 0.461 e. The van der Waals surface area contributed by atoms with Crippen molar-refractivity contribution in [2.24, 2.45) is 0 Å². The topological polar surface area (TPSA) is 13.1 Å². The number of hydrogen-bond acceptors (Lipinski definition) is 1. The van der Waals surface area contributed by atoms with Crippen LogP contribution in [0.4, 0.5) is 0 Å². The van der Waals surface area contributed by atoms with Gasteiger partial charge in [0.1, 0.15) is 11.5 Å². The van der Waals surface area contributed by atoms with Crippen molar-refractivity contribution in [2.45, 2.75) is 13.3 Å². The summed E-state index contributed by atoms with van der Waals surface area (Å²) >= 11 is 3.40. The Bertz CT molecular complexity index is 428. The predicted octanol–water partition coefficient (Wildman–Crippen LogP) is 4.19. The van der Waals surface area contributed by atoms with Gasteiger partial charge in [-0.15, -0.1) is 0 Å². The molecule has 0 aliphatic heterocycles. The second-order valence-corrected chi connectivity index (χ2v) is 4.36. The van der Waals surface area contributed by atoms with Crippen LogP contribution in [0.3, 0.4) is 0 Å². The van der Waals surface area contributed by atoms with E-state index in [4.69, 9.17) is 4.42 Å². The van der Waals surface area contributed by atoms with E-state index < -0.39 is 0 Å². The number of rotatable bonds is 3. The van der Waals surface area contributed by atoms with E-state index in [1.54, 1.807) is 0 Å². The van der Waals surface area contributed by atoms with Gasteiger partial charge in [0.2, 0.25) is 0 Å². The first-order valence-electron chi connectivity index (χ1n) is 5.01. The zero-order chi connectivity index (χ0) is 10.7. The average Bonchev–Trinajstić information content (AvgIpc) is 2.68. The molecule has 0 radical (unpaired) electrons. The Morgan fingerprint density at radius 2 is 1.80 bits per heavy atom. The van der Waals surface area contributed by atoms with Gasteiger partial charge >= 0.3 is 0 Å². The fourth-order valence-corrected chi connectivity index (χ4v) is 1.87. The molecule has 0 saturated heterocycles. The van der Waals surface area contributed by atoms with Crippen molar-refractivity contribution in [1.82, 2.24) is 0 Å². The molecule has 1 aromatic carbocycles. The first-order valence-corrected chi connectivity index (χ1v) is 6.13. The first kappa shape index (κ1) is 10.5. The molecular weight excluding hydrogens is 252 g/mol. The lowest BCUT2D eigenvalue weighted by molar-refractivity contribution is 0.531. The predicted molar refractivity (Wildman–Crippen MR) is 66.4 cm³/mol. The summed E-state index contributed by atoms with van der Waals surface area (Å²) in [7, 11) is 0. The maximum atomic E-state index is 5.72. The van der Waals surface area contributed by atoms with E-state index in [-0.39, 0.29) is 0 Å². The van der Waals surface area contributed by atoms with Crippen molar-refractivity contribution in [3.8, 4) is 11.3 Å². The van der Waals surface area contributed by atoms with E-state index in [9.17, 15) is 0 Å². The van der Waals surface area contributed by atoms with Crippen LogP contribution < -0.4 is 0 Å². The van der Waals surface area contributed by atoms with E-state index in [1.807, 2.05) is 12.1 Å². The zero-order valence-corrected chi connectivity index (χ0v) is 10.3. The number of halogens is 1. The average molecular weight is 265 g/mol. The highest BCUT2D eigenvalue weighted by molar-refractivity contribution is 9.09. The Kier molecular flexibility index (Phi) is 3.27. The zero-order valence-electron chi connectivity index (χ0n) is 8.66. The summed E-state index contributed by atoms with van der Waals surface area (Å²) in [4.78, 5) is 0. The van der Waals surface area contributed by atoms with Crippen molar-refractivity contribution >= 4 is 15.9 Å². The molecule has 15 heavy (non-hydrogen) atoms. The second-order valence-electron chi connectivity index (χ2n) is 3.57. The summed E-state index contributed by atoms with van der Waals surface area (Å²) in [6.45, 7) is 2.09. The van der Waals surface area contributed by atoms with Crippen LogP contribution in [0.25, 0.3) is 11.3 Å². The van der Waals surface area contributed by atoms with Gasteiger partial charge in [-0.05, 0) is 19.1 Å². The Morgan fingerprint density at radius 1 is 1.07 bits per heavy atom. The van der Waals surface area contributed by atoms with Gasteiger partial charge in [0.15, 0.2) is 0 Å². The number of aryl methyl sites for hydroxylation is 2. The molecule has 2 aromatic rings. The lowest BCUT2D eigenvalue weighted by Gasteiger charge is -1.97. The third kappa shape index (κ3) is 2.51. The van der Waals surface area contributed by atoms with Crippen LogP contribution in [0.2, 0.25) is 0 Å². The van der Waals surface area contributed by atoms with Crippen molar-refractivity contribution in [1.29, 1.82) is 0 Å². The number of benzene rings is 1. The molecule has 1 aromatic heterocycles. The van der Waals surface area contributed by atoms with Crippen LogP contribution in [0.5, 0.6) is 0 Å². The fourth-order valence-electron chi connectivity index (χ4n) is 1.48. The molecule has 78 valence electrons. The molecule has 0 bridgehead atoms. The minimum Gasteiger partial charge on any atom is -0.461 e. The van der Waals surface area contributed by atoms with Gasteiger partial charge in [-0.1, -0.05) is 45.8 Å². The highest BCUT2D eigenvalue weighted by Gasteiger charge is 2.03. The Hall–Kier alpha value is -1.02. The molecule has 0 aliphatic carbocycles.